The molecule has 6 heteroatoms. The zero-order chi connectivity index (χ0) is 23.1. The summed E-state index contributed by atoms with van der Waals surface area (Å²) in [5.74, 6) is -0.215. The standard InChI is InChI=1S/C26H26N2O4/c1-18-8-7-9-19(2)25(18)27-23(29)16-28(3)24(30)17-32-22-14-12-21(13-15-22)26(31)20-10-5-4-6-11-20/h4-15H,16-17H2,1-3H3,(H,27,29). The summed E-state index contributed by atoms with van der Waals surface area (Å²) in [5, 5.41) is 2.86. The first kappa shape index (κ1) is 22.7. The van der Waals surface area contributed by atoms with Crippen molar-refractivity contribution in [3.63, 3.8) is 0 Å². The Hall–Kier alpha value is -3.93. The molecule has 2 amide bonds. The number of para-hydroxylation sites is 1. The summed E-state index contributed by atoms with van der Waals surface area (Å²) < 4.78 is 5.53. The molecule has 1 N–H and O–H groups in total. The number of likely N-dealkylation sites (N-methyl/N-ethyl adjacent to an activating group) is 1. The van der Waals surface area contributed by atoms with Gasteiger partial charge in [0, 0.05) is 23.9 Å². The van der Waals surface area contributed by atoms with E-state index in [1.807, 2.05) is 50.2 Å². The van der Waals surface area contributed by atoms with Crippen LogP contribution in [-0.4, -0.2) is 42.7 Å². The average molecular weight is 431 g/mol. The van der Waals surface area contributed by atoms with Crippen molar-refractivity contribution in [3.05, 3.63) is 95.1 Å². The molecule has 3 rings (SSSR count). The number of ketones is 1. The van der Waals surface area contributed by atoms with Crippen LogP contribution in [0.3, 0.4) is 0 Å². The molecular weight excluding hydrogens is 404 g/mol. The smallest absolute Gasteiger partial charge is 0.260 e. The van der Waals surface area contributed by atoms with Crippen LogP contribution in [0.1, 0.15) is 27.0 Å². The van der Waals surface area contributed by atoms with Crippen LogP contribution in [0.25, 0.3) is 0 Å². The summed E-state index contributed by atoms with van der Waals surface area (Å²) in [6.45, 7) is 3.55. The van der Waals surface area contributed by atoms with Gasteiger partial charge >= 0.3 is 0 Å². The number of carbonyl (C=O) groups is 3. The van der Waals surface area contributed by atoms with Gasteiger partial charge in [0.15, 0.2) is 12.4 Å². The SMILES string of the molecule is Cc1cccc(C)c1NC(=O)CN(C)C(=O)COc1ccc(C(=O)c2ccccc2)cc1. The number of carbonyl (C=O) groups excluding carboxylic acids is 3. The lowest BCUT2D eigenvalue weighted by atomic mass is 10.0. The van der Waals surface area contributed by atoms with Crippen molar-refractivity contribution >= 4 is 23.3 Å². The summed E-state index contributed by atoms with van der Waals surface area (Å²) in [6, 6.07) is 21.4. The van der Waals surface area contributed by atoms with Gasteiger partial charge in [-0.15, -0.1) is 0 Å². The van der Waals surface area contributed by atoms with E-state index in [0.29, 0.717) is 16.9 Å². The summed E-state index contributed by atoms with van der Waals surface area (Å²) >= 11 is 0. The maximum atomic E-state index is 12.4. The molecule has 3 aromatic carbocycles. The molecule has 0 aliphatic rings. The Bertz CT molecular complexity index is 1090. The molecule has 6 nitrogen and oxygen atoms in total. The van der Waals surface area contributed by atoms with Crippen molar-refractivity contribution in [1.29, 1.82) is 0 Å². The van der Waals surface area contributed by atoms with Gasteiger partial charge in [0.05, 0.1) is 6.54 Å². The second kappa shape index (κ2) is 10.4. The van der Waals surface area contributed by atoms with E-state index in [2.05, 4.69) is 5.32 Å². The van der Waals surface area contributed by atoms with Crippen molar-refractivity contribution in [2.24, 2.45) is 0 Å². The van der Waals surface area contributed by atoms with Gasteiger partial charge < -0.3 is 15.0 Å². The van der Waals surface area contributed by atoms with E-state index in [1.54, 1.807) is 43.4 Å². The zero-order valence-electron chi connectivity index (χ0n) is 18.4. The minimum absolute atomic E-state index is 0.0807. The fourth-order valence-corrected chi connectivity index (χ4v) is 3.21. The predicted octanol–water partition coefficient (Wildman–Crippen LogP) is 4.01. The maximum Gasteiger partial charge on any atom is 0.260 e. The van der Waals surface area contributed by atoms with Crippen LogP contribution in [0.4, 0.5) is 5.69 Å². The first-order valence-electron chi connectivity index (χ1n) is 10.3. The molecule has 0 aliphatic heterocycles. The molecule has 164 valence electrons. The third-order valence-corrected chi connectivity index (χ3v) is 5.07. The van der Waals surface area contributed by atoms with Crippen molar-refractivity contribution in [1.82, 2.24) is 4.90 Å². The maximum absolute atomic E-state index is 12.4. The second-order valence-corrected chi connectivity index (χ2v) is 7.57. The third-order valence-electron chi connectivity index (χ3n) is 5.07. The Morgan fingerprint density at radius 3 is 2.03 bits per heavy atom. The molecule has 3 aromatic rings. The molecule has 32 heavy (non-hydrogen) atoms. The lowest BCUT2D eigenvalue weighted by molar-refractivity contribution is -0.135. The van der Waals surface area contributed by atoms with Gasteiger partial charge in [-0.2, -0.15) is 0 Å². The van der Waals surface area contributed by atoms with Gasteiger partial charge in [-0.25, -0.2) is 0 Å². The Kier molecular flexibility index (Phi) is 7.39. The van der Waals surface area contributed by atoms with E-state index in [1.165, 1.54) is 4.90 Å². The largest absolute Gasteiger partial charge is 0.484 e. The van der Waals surface area contributed by atoms with E-state index in [9.17, 15) is 14.4 Å². The molecule has 0 unspecified atom stereocenters. The summed E-state index contributed by atoms with van der Waals surface area (Å²) in [6.07, 6.45) is 0. The summed E-state index contributed by atoms with van der Waals surface area (Å²) in [7, 11) is 1.55. The molecule has 0 fully saturated rings. The van der Waals surface area contributed by atoms with Gasteiger partial charge in [-0.05, 0) is 49.2 Å². The van der Waals surface area contributed by atoms with Crippen molar-refractivity contribution in [2.45, 2.75) is 13.8 Å². The van der Waals surface area contributed by atoms with Gasteiger partial charge in [0.25, 0.3) is 5.91 Å². The number of rotatable bonds is 8. The highest BCUT2D eigenvalue weighted by atomic mass is 16.5. The number of amides is 2. The quantitative estimate of drug-likeness (QED) is 0.548. The number of nitrogens with one attached hydrogen (secondary N) is 1. The Labute approximate surface area is 187 Å². The number of anilines is 1. The summed E-state index contributed by atoms with van der Waals surface area (Å²) in [5.41, 5.74) is 3.83. The highest BCUT2D eigenvalue weighted by Gasteiger charge is 2.15. The molecule has 0 saturated heterocycles. The monoisotopic (exact) mass is 430 g/mol. The molecular formula is C26H26N2O4. The topological polar surface area (TPSA) is 75.7 Å². The lowest BCUT2D eigenvalue weighted by Crippen LogP contribution is -2.37. The molecule has 0 radical (unpaired) electrons. The number of ether oxygens (including phenoxy) is 1. The second-order valence-electron chi connectivity index (χ2n) is 7.57. The fraction of sp³-hybridized carbons (Fsp3) is 0.192. The number of nitrogens with zero attached hydrogens (tertiary/aromatic N) is 1. The first-order chi connectivity index (χ1) is 15.3. The number of hydrogen-bond acceptors (Lipinski definition) is 4. The molecule has 0 bridgehead atoms. The van der Waals surface area contributed by atoms with Gasteiger partial charge in [-0.3, -0.25) is 14.4 Å². The fourth-order valence-electron chi connectivity index (χ4n) is 3.21. The van der Waals surface area contributed by atoms with Crippen molar-refractivity contribution in [3.8, 4) is 5.75 Å². The molecule has 0 spiro atoms. The Morgan fingerprint density at radius 1 is 0.812 bits per heavy atom. The summed E-state index contributed by atoms with van der Waals surface area (Å²) in [4.78, 5) is 38.5. The minimum Gasteiger partial charge on any atom is -0.484 e. The molecule has 0 aromatic heterocycles. The Morgan fingerprint density at radius 2 is 1.41 bits per heavy atom. The normalized spacial score (nSPS) is 10.3. The van der Waals surface area contributed by atoms with E-state index in [4.69, 9.17) is 4.74 Å². The van der Waals surface area contributed by atoms with Crippen LogP contribution < -0.4 is 10.1 Å². The number of hydrogen-bond donors (Lipinski definition) is 1. The van der Waals surface area contributed by atoms with Crippen LogP contribution in [0, 0.1) is 13.8 Å². The van der Waals surface area contributed by atoms with Gasteiger partial charge in [0.2, 0.25) is 5.91 Å². The van der Waals surface area contributed by atoms with Crippen molar-refractivity contribution < 1.29 is 19.1 Å². The molecule has 0 aliphatic carbocycles. The molecule has 0 heterocycles. The van der Waals surface area contributed by atoms with Gasteiger partial charge in [0.1, 0.15) is 5.75 Å². The van der Waals surface area contributed by atoms with Crippen LogP contribution in [0.15, 0.2) is 72.8 Å². The van der Waals surface area contributed by atoms with Gasteiger partial charge in [-0.1, -0.05) is 48.5 Å². The van der Waals surface area contributed by atoms with Crippen LogP contribution in [0.5, 0.6) is 5.75 Å². The van der Waals surface area contributed by atoms with Crippen LogP contribution in [0.2, 0.25) is 0 Å². The number of aryl methyl sites for hydroxylation is 2. The minimum atomic E-state index is -0.328. The zero-order valence-corrected chi connectivity index (χ0v) is 18.4. The lowest BCUT2D eigenvalue weighted by Gasteiger charge is -2.18. The number of benzene rings is 3. The van der Waals surface area contributed by atoms with E-state index >= 15 is 0 Å². The average Bonchev–Trinajstić information content (AvgIpc) is 2.80. The first-order valence-corrected chi connectivity index (χ1v) is 10.3. The molecule has 0 saturated carbocycles. The van der Waals surface area contributed by atoms with E-state index in [0.717, 1.165) is 16.8 Å². The Balaban J connectivity index is 1.50. The van der Waals surface area contributed by atoms with Crippen LogP contribution >= 0.6 is 0 Å². The van der Waals surface area contributed by atoms with Crippen molar-refractivity contribution in [2.75, 3.05) is 25.5 Å². The van der Waals surface area contributed by atoms with Crippen LogP contribution in [-0.2, 0) is 9.59 Å². The van der Waals surface area contributed by atoms with E-state index < -0.39 is 0 Å². The highest BCUT2D eigenvalue weighted by molar-refractivity contribution is 6.09. The highest BCUT2D eigenvalue weighted by Crippen LogP contribution is 2.19. The molecule has 0 atom stereocenters. The third kappa shape index (κ3) is 5.82. The predicted molar refractivity (Wildman–Crippen MR) is 124 cm³/mol. The van der Waals surface area contributed by atoms with E-state index in [-0.39, 0.29) is 30.7 Å².